The molecular formula is C24H28N2O3. The third-order valence-electron chi connectivity index (χ3n) is 5.71. The lowest BCUT2D eigenvalue weighted by molar-refractivity contribution is -0.132. The zero-order valence-electron chi connectivity index (χ0n) is 16.9. The molecule has 5 nitrogen and oxygen atoms in total. The number of hydrogen-bond acceptors (Lipinski definition) is 3. The summed E-state index contributed by atoms with van der Waals surface area (Å²) in [6.07, 6.45) is 4.51. The van der Waals surface area contributed by atoms with Crippen molar-refractivity contribution in [2.75, 3.05) is 13.2 Å². The minimum absolute atomic E-state index is 0.0581. The molecule has 3 aromatic rings. The van der Waals surface area contributed by atoms with Crippen LogP contribution in [-0.4, -0.2) is 39.7 Å². The molecule has 1 atom stereocenters. The lowest BCUT2D eigenvalue weighted by Gasteiger charge is -2.26. The molecule has 4 rings (SSSR count). The molecule has 0 aliphatic carbocycles. The number of carbonyl (C=O) groups excluding carboxylic acids is 1. The smallest absolute Gasteiger partial charge is 0.227 e. The molecular weight excluding hydrogens is 364 g/mol. The number of hydrogen-bond donors (Lipinski definition) is 1. The van der Waals surface area contributed by atoms with Gasteiger partial charge >= 0.3 is 0 Å². The predicted molar refractivity (Wildman–Crippen MR) is 114 cm³/mol. The molecule has 152 valence electrons. The molecule has 1 N–H and O–H groups in total. The summed E-state index contributed by atoms with van der Waals surface area (Å²) >= 11 is 0. The Morgan fingerprint density at radius 2 is 1.97 bits per heavy atom. The molecule has 1 fully saturated rings. The van der Waals surface area contributed by atoms with Crippen molar-refractivity contribution in [1.29, 1.82) is 0 Å². The van der Waals surface area contributed by atoms with Gasteiger partial charge in [0.15, 0.2) is 0 Å². The van der Waals surface area contributed by atoms with Crippen molar-refractivity contribution in [3.05, 3.63) is 65.9 Å². The summed E-state index contributed by atoms with van der Waals surface area (Å²) in [6.45, 7) is 4.68. The number of aromatic nitrogens is 1. The van der Waals surface area contributed by atoms with Crippen molar-refractivity contribution in [3.8, 4) is 5.75 Å². The van der Waals surface area contributed by atoms with Gasteiger partial charge in [-0.15, -0.1) is 0 Å². The number of benzene rings is 2. The van der Waals surface area contributed by atoms with Gasteiger partial charge in [-0.05, 0) is 37.5 Å². The molecule has 29 heavy (non-hydrogen) atoms. The van der Waals surface area contributed by atoms with Crippen LogP contribution in [0, 0.1) is 0 Å². The van der Waals surface area contributed by atoms with Gasteiger partial charge in [0.05, 0.1) is 12.5 Å². The lowest BCUT2D eigenvalue weighted by Crippen LogP contribution is -2.37. The van der Waals surface area contributed by atoms with E-state index < -0.39 is 0 Å². The predicted octanol–water partition coefficient (Wildman–Crippen LogP) is 4.12. The van der Waals surface area contributed by atoms with Gasteiger partial charge in [0.2, 0.25) is 5.91 Å². The highest BCUT2D eigenvalue weighted by Crippen LogP contribution is 2.24. The molecule has 1 saturated heterocycles. The van der Waals surface area contributed by atoms with Crippen LogP contribution in [0.5, 0.6) is 5.75 Å². The highest BCUT2D eigenvalue weighted by Gasteiger charge is 2.24. The van der Waals surface area contributed by atoms with Gasteiger partial charge in [0.25, 0.3) is 0 Å². The monoisotopic (exact) mass is 392 g/mol. The van der Waals surface area contributed by atoms with Crippen LogP contribution < -0.4 is 0 Å². The van der Waals surface area contributed by atoms with Crippen LogP contribution in [0.3, 0.4) is 0 Å². The number of fused-ring (bicyclic) bond motifs is 1. The second kappa shape index (κ2) is 8.70. The number of para-hydroxylation sites is 2. The molecule has 0 spiro atoms. The quantitative estimate of drug-likeness (QED) is 0.658. The van der Waals surface area contributed by atoms with E-state index in [0.717, 1.165) is 48.0 Å². The Labute approximate surface area is 171 Å². The van der Waals surface area contributed by atoms with Crippen molar-refractivity contribution in [2.24, 2.45) is 0 Å². The Morgan fingerprint density at radius 3 is 2.72 bits per heavy atom. The molecule has 5 heteroatoms. The SMILES string of the molecule is CCn1cc(CC(=O)N(Cc2ccccc2O)CC2CCCO2)c2ccccc21. The zero-order chi connectivity index (χ0) is 20.2. The Kier molecular flexibility index (Phi) is 5.86. The van der Waals surface area contributed by atoms with Gasteiger partial charge in [-0.2, -0.15) is 0 Å². The van der Waals surface area contributed by atoms with Gasteiger partial charge in [0, 0.05) is 48.9 Å². The Balaban J connectivity index is 1.58. The van der Waals surface area contributed by atoms with Crippen molar-refractivity contribution in [2.45, 2.75) is 45.4 Å². The summed E-state index contributed by atoms with van der Waals surface area (Å²) in [5.74, 6) is 0.281. The summed E-state index contributed by atoms with van der Waals surface area (Å²) in [5, 5.41) is 11.3. The van der Waals surface area contributed by atoms with Gasteiger partial charge < -0.3 is 19.3 Å². The van der Waals surface area contributed by atoms with E-state index in [2.05, 4.69) is 29.8 Å². The molecule has 0 bridgehead atoms. The first-order valence-corrected chi connectivity index (χ1v) is 10.4. The number of aromatic hydroxyl groups is 1. The van der Waals surface area contributed by atoms with E-state index in [-0.39, 0.29) is 17.8 Å². The maximum atomic E-state index is 13.3. The van der Waals surface area contributed by atoms with E-state index in [9.17, 15) is 9.90 Å². The van der Waals surface area contributed by atoms with Crippen molar-refractivity contribution in [1.82, 2.24) is 9.47 Å². The van der Waals surface area contributed by atoms with E-state index in [1.807, 2.05) is 29.2 Å². The summed E-state index contributed by atoms with van der Waals surface area (Å²) in [4.78, 5) is 15.2. The van der Waals surface area contributed by atoms with E-state index in [4.69, 9.17) is 4.74 Å². The average Bonchev–Trinajstić information content (AvgIpc) is 3.37. The Morgan fingerprint density at radius 1 is 1.17 bits per heavy atom. The van der Waals surface area contributed by atoms with Gasteiger partial charge in [0.1, 0.15) is 5.75 Å². The van der Waals surface area contributed by atoms with Crippen LogP contribution in [0.15, 0.2) is 54.7 Å². The normalized spacial score (nSPS) is 16.4. The molecule has 2 heterocycles. The largest absolute Gasteiger partial charge is 0.508 e. The van der Waals surface area contributed by atoms with Crippen molar-refractivity contribution < 1.29 is 14.6 Å². The maximum absolute atomic E-state index is 13.3. The highest BCUT2D eigenvalue weighted by atomic mass is 16.5. The zero-order valence-corrected chi connectivity index (χ0v) is 16.9. The second-order valence-corrected chi connectivity index (χ2v) is 7.67. The molecule has 1 amide bonds. The van der Waals surface area contributed by atoms with Crippen molar-refractivity contribution in [3.63, 3.8) is 0 Å². The summed E-state index contributed by atoms with van der Waals surface area (Å²) in [6, 6.07) is 15.4. The second-order valence-electron chi connectivity index (χ2n) is 7.67. The fourth-order valence-electron chi connectivity index (χ4n) is 4.14. The summed E-state index contributed by atoms with van der Waals surface area (Å²) < 4.78 is 7.97. The van der Waals surface area contributed by atoms with E-state index >= 15 is 0 Å². The number of amides is 1. The van der Waals surface area contributed by atoms with E-state index in [1.54, 1.807) is 12.1 Å². The third kappa shape index (κ3) is 4.30. The number of phenols is 1. The molecule has 1 aliphatic rings. The highest BCUT2D eigenvalue weighted by molar-refractivity contribution is 5.89. The lowest BCUT2D eigenvalue weighted by atomic mass is 10.1. The number of rotatable bonds is 7. The topological polar surface area (TPSA) is 54.7 Å². The van der Waals surface area contributed by atoms with E-state index in [1.165, 1.54) is 0 Å². The Bertz CT molecular complexity index is 989. The minimum Gasteiger partial charge on any atom is -0.508 e. The molecule has 1 aliphatic heterocycles. The molecule has 1 aromatic heterocycles. The maximum Gasteiger partial charge on any atom is 0.227 e. The molecule has 0 saturated carbocycles. The standard InChI is InChI=1S/C24H28N2O3/c1-2-25-16-19(21-10-4-5-11-22(21)25)14-24(28)26(17-20-9-7-13-29-20)15-18-8-3-6-12-23(18)27/h3-6,8,10-12,16,20,27H,2,7,9,13-15,17H2,1H3. The van der Waals surface area contributed by atoms with Crippen LogP contribution in [0.4, 0.5) is 0 Å². The van der Waals surface area contributed by atoms with Crippen LogP contribution in [-0.2, 0) is 29.0 Å². The first-order valence-electron chi connectivity index (χ1n) is 10.4. The van der Waals surface area contributed by atoms with Gasteiger partial charge in [-0.25, -0.2) is 0 Å². The Hall–Kier alpha value is -2.79. The number of aryl methyl sites for hydroxylation is 1. The van der Waals surface area contributed by atoms with Crippen LogP contribution in [0.2, 0.25) is 0 Å². The summed E-state index contributed by atoms with van der Waals surface area (Å²) in [7, 11) is 0. The summed E-state index contributed by atoms with van der Waals surface area (Å²) in [5.41, 5.74) is 2.96. The minimum atomic E-state index is 0.0581. The number of ether oxygens (including phenoxy) is 1. The number of carbonyl (C=O) groups is 1. The van der Waals surface area contributed by atoms with Crippen LogP contribution in [0.25, 0.3) is 10.9 Å². The average molecular weight is 392 g/mol. The van der Waals surface area contributed by atoms with Gasteiger partial charge in [-0.3, -0.25) is 4.79 Å². The molecule has 2 aromatic carbocycles. The number of nitrogens with zero attached hydrogens (tertiary/aromatic N) is 2. The molecule has 1 unspecified atom stereocenters. The number of phenolic OH excluding ortho intramolecular Hbond substituents is 1. The molecule has 0 radical (unpaired) electrons. The van der Waals surface area contributed by atoms with Crippen LogP contribution >= 0.6 is 0 Å². The van der Waals surface area contributed by atoms with Crippen LogP contribution in [0.1, 0.15) is 30.9 Å². The third-order valence-corrected chi connectivity index (χ3v) is 5.71. The fraction of sp³-hybridized carbons (Fsp3) is 0.375. The first kappa shape index (κ1) is 19.5. The van der Waals surface area contributed by atoms with Crippen molar-refractivity contribution >= 4 is 16.8 Å². The van der Waals surface area contributed by atoms with Gasteiger partial charge in [-0.1, -0.05) is 36.4 Å². The first-order chi connectivity index (χ1) is 14.2. The van der Waals surface area contributed by atoms with E-state index in [0.29, 0.717) is 19.5 Å². The fourth-order valence-corrected chi connectivity index (χ4v) is 4.14.